The molecule has 1 unspecified atom stereocenters. The molecule has 3 N–H and O–H groups in total. The highest BCUT2D eigenvalue weighted by Gasteiger charge is 2.17. The molecule has 0 saturated heterocycles. The van der Waals surface area contributed by atoms with Crippen LogP contribution in [-0.2, 0) is 4.79 Å². The fourth-order valence-corrected chi connectivity index (χ4v) is 6.60. The molecule has 5 nitrogen and oxygen atoms in total. The molecule has 0 aliphatic rings. The molecular weight excluding hydrogens is 603 g/mol. The Morgan fingerprint density at radius 2 is 1.20 bits per heavy atom. The Morgan fingerprint density at radius 1 is 0.714 bits per heavy atom. The normalized spacial score (nSPS) is 12.6. The van der Waals surface area contributed by atoms with E-state index in [1.54, 1.807) is 18.2 Å². The molecule has 0 radical (unpaired) electrons. The van der Waals surface area contributed by atoms with Gasteiger partial charge >= 0.3 is 5.97 Å². The van der Waals surface area contributed by atoms with Crippen LogP contribution in [0.5, 0.6) is 0 Å². The van der Waals surface area contributed by atoms with E-state index < -0.39 is 5.97 Å². The van der Waals surface area contributed by atoms with Gasteiger partial charge in [0.1, 0.15) is 11.6 Å². The molecule has 7 rings (SSSR count). The number of nitrogens with two attached hydrogens (primary N) is 1. The first kappa shape index (κ1) is 31.4. The molecule has 0 bridgehead atoms. The molecule has 0 spiro atoms. The van der Waals surface area contributed by atoms with E-state index in [0.29, 0.717) is 5.56 Å². The van der Waals surface area contributed by atoms with E-state index in [0.717, 1.165) is 46.6 Å². The second kappa shape index (κ2) is 13.5. The Morgan fingerprint density at radius 3 is 1.73 bits per heavy atom. The Kier molecular flexibility index (Phi) is 8.64. The van der Waals surface area contributed by atoms with Crippen molar-refractivity contribution in [2.24, 2.45) is 5.73 Å². The van der Waals surface area contributed by atoms with E-state index in [1.165, 1.54) is 38.4 Å². The minimum absolute atomic E-state index is 0.0174. The second-order valence-corrected chi connectivity index (χ2v) is 12.4. The Hall–Kier alpha value is -6.22. The number of rotatable bonds is 10. The molecule has 5 heteroatoms. The highest BCUT2D eigenvalue weighted by atomic mass is 16.4. The van der Waals surface area contributed by atoms with Crippen LogP contribution in [0.15, 0.2) is 133 Å². The number of carboxylic acids is 1. The summed E-state index contributed by atoms with van der Waals surface area (Å²) in [6.07, 6.45) is 7.42. The second-order valence-electron chi connectivity index (χ2n) is 12.4. The van der Waals surface area contributed by atoms with Crippen LogP contribution in [-0.4, -0.2) is 11.1 Å². The van der Waals surface area contributed by atoms with Crippen molar-refractivity contribution < 1.29 is 9.90 Å². The van der Waals surface area contributed by atoms with Gasteiger partial charge < -0.3 is 15.7 Å². The molecule has 0 aliphatic heterocycles. The third-order valence-electron chi connectivity index (χ3n) is 9.10. The molecule has 0 amide bonds. The Labute approximate surface area is 285 Å². The number of anilines is 3. The van der Waals surface area contributed by atoms with Gasteiger partial charge in [-0.1, -0.05) is 116 Å². The minimum Gasteiger partial charge on any atom is -0.477 e. The van der Waals surface area contributed by atoms with Crippen molar-refractivity contribution in [2.45, 2.75) is 25.8 Å². The van der Waals surface area contributed by atoms with Gasteiger partial charge in [-0.2, -0.15) is 5.26 Å². The van der Waals surface area contributed by atoms with Gasteiger partial charge in [0.15, 0.2) is 0 Å². The van der Waals surface area contributed by atoms with Crippen molar-refractivity contribution in [3.8, 4) is 6.07 Å². The fourth-order valence-electron chi connectivity index (χ4n) is 6.60. The van der Waals surface area contributed by atoms with E-state index in [-0.39, 0.29) is 11.6 Å². The summed E-state index contributed by atoms with van der Waals surface area (Å²) in [6, 6.07) is 46.2. The predicted octanol–water partition coefficient (Wildman–Crippen LogP) is 11.0. The molecular formula is C44H35N3O2. The number of nitrogens with zero attached hydrogens (tertiary/aromatic N) is 2. The molecule has 0 heterocycles. The van der Waals surface area contributed by atoms with Gasteiger partial charge in [0.2, 0.25) is 0 Å². The van der Waals surface area contributed by atoms with Crippen LogP contribution in [0.1, 0.15) is 48.1 Å². The Balaban J connectivity index is 1.24. The van der Waals surface area contributed by atoms with Gasteiger partial charge in [0.05, 0.1) is 0 Å². The third-order valence-corrected chi connectivity index (χ3v) is 9.10. The van der Waals surface area contributed by atoms with E-state index in [2.05, 4.69) is 121 Å². The van der Waals surface area contributed by atoms with Gasteiger partial charge in [-0.3, -0.25) is 0 Å². The van der Waals surface area contributed by atoms with Crippen molar-refractivity contribution in [2.75, 3.05) is 4.90 Å². The monoisotopic (exact) mass is 637 g/mol. The fraction of sp³-hybridized carbons (Fsp3) is 0.0909. The van der Waals surface area contributed by atoms with Crippen LogP contribution in [0.4, 0.5) is 17.1 Å². The van der Waals surface area contributed by atoms with Crippen LogP contribution in [0.25, 0.3) is 50.5 Å². The van der Waals surface area contributed by atoms with Gasteiger partial charge in [-0.05, 0) is 103 Å². The number of aliphatic carboxylic acids is 1. The van der Waals surface area contributed by atoms with E-state index >= 15 is 0 Å². The maximum Gasteiger partial charge on any atom is 0.346 e. The maximum atomic E-state index is 11.2. The number of benzene rings is 7. The molecule has 7 aromatic rings. The number of carbonyl (C=O) groups is 1. The first-order valence-corrected chi connectivity index (χ1v) is 16.5. The molecule has 7 aromatic carbocycles. The van der Waals surface area contributed by atoms with Crippen LogP contribution in [0, 0.1) is 11.3 Å². The third kappa shape index (κ3) is 6.38. The summed E-state index contributed by atoms with van der Waals surface area (Å²) in [7, 11) is 0. The summed E-state index contributed by atoms with van der Waals surface area (Å²) in [5.41, 5.74) is 13.2. The summed E-state index contributed by atoms with van der Waals surface area (Å²) < 4.78 is 0. The van der Waals surface area contributed by atoms with Gasteiger partial charge in [0, 0.05) is 23.1 Å². The first-order valence-electron chi connectivity index (χ1n) is 16.5. The lowest BCUT2D eigenvalue weighted by molar-refractivity contribution is -0.132. The Bertz CT molecular complexity index is 2320. The molecule has 0 saturated carbocycles. The maximum absolute atomic E-state index is 11.2. The zero-order chi connectivity index (χ0) is 33.9. The minimum atomic E-state index is -1.24. The number of nitriles is 1. The molecule has 0 aliphatic carbocycles. The van der Waals surface area contributed by atoms with Crippen molar-refractivity contribution in [3.05, 3.63) is 155 Å². The van der Waals surface area contributed by atoms with Crippen LogP contribution >= 0.6 is 0 Å². The van der Waals surface area contributed by atoms with Crippen LogP contribution < -0.4 is 10.6 Å². The molecule has 0 fully saturated rings. The van der Waals surface area contributed by atoms with Crippen molar-refractivity contribution >= 4 is 73.6 Å². The standard InChI is InChI=1S/C44H35N3O2/c1-2-4-41(46)32-19-23-39(24-20-32)47(40-26-35-17-15-33-5-3-6-34-16-18-36(27-40)43(35)42(33)34)38-21-13-30(14-22-38)8-7-29-9-11-31(12-10-29)25-37(28-45)44(48)49/h3,5-27,41H,2,4,46H2,1H3,(H,48,49)/b8-7+,37-25-. The lowest BCUT2D eigenvalue weighted by atomic mass is 9.93. The van der Waals surface area contributed by atoms with E-state index in [1.807, 2.05) is 18.2 Å². The summed E-state index contributed by atoms with van der Waals surface area (Å²) >= 11 is 0. The first-order chi connectivity index (χ1) is 23.9. The number of carboxylic acid groups (broad SMARTS) is 1. The largest absolute Gasteiger partial charge is 0.477 e. The van der Waals surface area contributed by atoms with Gasteiger partial charge in [-0.25, -0.2) is 4.79 Å². The van der Waals surface area contributed by atoms with Crippen molar-refractivity contribution in [1.29, 1.82) is 5.26 Å². The zero-order valence-electron chi connectivity index (χ0n) is 27.2. The predicted molar refractivity (Wildman–Crippen MR) is 203 cm³/mol. The highest BCUT2D eigenvalue weighted by molar-refractivity contribution is 6.23. The van der Waals surface area contributed by atoms with Gasteiger partial charge in [0.25, 0.3) is 0 Å². The van der Waals surface area contributed by atoms with Crippen molar-refractivity contribution in [1.82, 2.24) is 0 Å². The van der Waals surface area contributed by atoms with E-state index in [4.69, 9.17) is 16.1 Å². The van der Waals surface area contributed by atoms with Crippen LogP contribution in [0.3, 0.4) is 0 Å². The smallest absolute Gasteiger partial charge is 0.346 e. The van der Waals surface area contributed by atoms with Crippen LogP contribution in [0.2, 0.25) is 0 Å². The lowest BCUT2D eigenvalue weighted by Gasteiger charge is -2.27. The molecule has 1 atom stereocenters. The summed E-state index contributed by atoms with van der Waals surface area (Å²) in [4.78, 5) is 13.5. The lowest BCUT2D eigenvalue weighted by Crippen LogP contribution is -2.12. The number of hydrogen-bond donors (Lipinski definition) is 2. The SMILES string of the molecule is CCCC(N)c1ccc(N(c2ccc(/C=C/c3ccc(/C=C(/C#N)C(=O)O)cc3)cc2)c2cc3ccc4cccc5ccc(c2)c3c45)cc1. The van der Waals surface area contributed by atoms with Crippen molar-refractivity contribution in [3.63, 3.8) is 0 Å². The highest BCUT2D eigenvalue weighted by Crippen LogP contribution is 2.41. The average Bonchev–Trinajstić information content (AvgIpc) is 3.13. The molecule has 238 valence electrons. The van der Waals surface area contributed by atoms with E-state index in [9.17, 15) is 4.79 Å². The quantitative estimate of drug-likeness (QED) is 0.0674. The number of hydrogen-bond acceptors (Lipinski definition) is 4. The summed E-state index contributed by atoms with van der Waals surface area (Å²) in [5, 5.41) is 25.7. The topological polar surface area (TPSA) is 90.4 Å². The molecule has 49 heavy (non-hydrogen) atoms. The zero-order valence-corrected chi connectivity index (χ0v) is 27.2. The summed E-state index contributed by atoms with van der Waals surface area (Å²) in [5.74, 6) is -1.24. The summed E-state index contributed by atoms with van der Waals surface area (Å²) in [6.45, 7) is 2.16. The average molecular weight is 638 g/mol. The van der Waals surface area contributed by atoms with Gasteiger partial charge in [-0.15, -0.1) is 0 Å². The molecule has 0 aromatic heterocycles.